The van der Waals surface area contributed by atoms with E-state index in [0.717, 1.165) is 6.07 Å². The predicted octanol–water partition coefficient (Wildman–Crippen LogP) is 4.59. The van der Waals surface area contributed by atoms with Crippen molar-refractivity contribution in [2.24, 2.45) is 0 Å². The van der Waals surface area contributed by atoms with Crippen LogP contribution in [-0.2, 0) is 29.1 Å². The van der Waals surface area contributed by atoms with Gasteiger partial charge in [0.2, 0.25) is 5.91 Å². The summed E-state index contributed by atoms with van der Waals surface area (Å²) in [5, 5.41) is 2.79. The normalized spacial score (nSPS) is 15.5. The number of anilines is 1. The first kappa shape index (κ1) is 22.4. The van der Waals surface area contributed by atoms with Gasteiger partial charge in [0.15, 0.2) is 6.10 Å². The summed E-state index contributed by atoms with van der Waals surface area (Å²) in [4.78, 5) is 26.7. The quantitative estimate of drug-likeness (QED) is 0.613. The van der Waals surface area contributed by atoms with Crippen molar-refractivity contribution in [3.05, 3.63) is 94.8 Å². The van der Waals surface area contributed by atoms with Gasteiger partial charge in [-0.25, -0.2) is 13.2 Å². The van der Waals surface area contributed by atoms with Crippen molar-refractivity contribution in [1.29, 1.82) is 0 Å². The number of nitrogens with zero attached hydrogens (tertiary/aromatic N) is 1. The second-order valence-corrected chi connectivity index (χ2v) is 7.91. The molecule has 0 bridgehead atoms. The van der Waals surface area contributed by atoms with E-state index < -0.39 is 17.7 Å². The first-order chi connectivity index (χ1) is 15.8. The molecule has 0 aliphatic carbocycles. The molecule has 33 heavy (non-hydrogen) atoms. The molecule has 5 nitrogen and oxygen atoms in total. The molecule has 0 fully saturated rings. The predicted molar refractivity (Wildman–Crippen MR) is 116 cm³/mol. The van der Waals surface area contributed by atoms with Gasteiger partial charge in [-0.05, 0) is 60.5 Å². The van der Waals surface area contributed by atoms with Gasteiger partial charge in [-0.1, -0.05) is 12.1 Å². The zero-order valence-electron chi connectivity index (χ0n) is 17.8. The van der Waals surface area contributed by atoms with E-state index in [0.29, 0.717) is 28.1 Å². The summed E-state index contributed by atoms with van der Waals surface area (Å²) in [5.74, 6) is -1.93. The Morgan fingerprint density at radius 1 is 0.970 bits per heavy atom. The summed E-state index contributed by atoms with van der Waals surface area (Å²) in [6.45, 7) is 1.75. The maximum atomic E-state index is 13.6. The zero-order valence-corrected chi connectivity index (χ0v) is 17.8. The molecule has 3 aromatic carbocycles. The van der Waals surface area contributed by atoms with E-state index in [1.807, 2.05) is 0 Å². The molecule has 0 radical (unpaired) electrons. The van der Waals surface area contributed by atoms with Crippen LogP contribution < -0.4 is 10.1 Å². The van der Waals surface area contributed by atoms with Gasteiger partial charge >= 0.3 is 0 Å². The van der Waals surface area contributed by atoms with Gasteiger partial charge in [-0.15, -0.1) is 0 Å². The largest absolute Gasteiger partial charge is 0.481 e. The van der Waals surface area contributed by atoms with Gasteiger partial charge in [-0.2, -0.15) is 0 Å². The summed E-state index contributed by atoms with van der Waals surface area (Å²) in [6, 6.07) is 13.8. The molecule has 1 atom stereocenters. The topological polar surface area (TPSA) is 58.6 Å². The minimum absolute atomic E-state index is 0.00179. The van der Waals surface area contributed by atoms with Crippen LogP contribution in [0.4, 0.5) is 18.9 Å². The average molecular weight is 454 g/mol. The maximum Gasteiger partial charge on any atom is 0.263 e. The highest BCUT2D eigenvalue weighted by atomic mass is 19.1. The first-order valence-electron chi connectivity index (χ1n) is 10.3. The molecule has 0 saturated heterocycles. The van der Waals surface area contributed by atoms with Crippen LogP contribution in [0.5, 0.6) is 5.75 Å². The highest BCUT2D eigenvalue weighted by Gasteiger charge is 2.28. The van der Waals surface area contributed by atoms with Gasteiger partial charge in [0.1, 0.15) is 23.2 Å². The fourth-order valence-corrected chi connectivity index (χ4v) is 3.73. The van der Waals surface area contributed by atoms with Gasteiger partial charge < -0.3 is 15.0 Å². The van der Waals surface area contributed by atoms with E-state index in [9.17, 15) is 22.8 Å². The highest BCUT2D eigenvalue weighted by Crippen LogP contribution is 2.29. The number of ether oxygens (including phenoxy) is 1. The lowest BCUT2D eigenvalue weighted by molar-refractivity contribution is -0.138. The molecule has 1 aliphatic heterocycles. The van der Waals surface area contributed by atoms with Crippen LogP contribution in [0.15, 0.2) is 60.7 Å². The van der Waals surface area contributed by atoms with E-state index in [4.69, 9.17) is 4.74 Å². The lowest BCUT2D eigenvalue weighted by atomic mass is 10.1. The van der Waals surface area contributed by atoms with Crippen molar-refractivity contribution in [2.75, 3.05) is 5.32 Å². The lowest BCUT2D eigenvalue weighted by Gasteiger charge is -2.22. The number of rotatable bonds is 5. The molecule has 1 N–H and O–H groups in total. The van der Waals surface area contributed by atoms with Crippen molar-refractivity contribution in [3.63, 3.8) is 0 Å². The molecule has 0 aromatic heterocycles. The van der Waals surface area contributed by atoms with E-state index in [1.165, 1.54) is 29.2 Å². The zero-order chi connectivity index (χ0) is 23.5. The Morgan fingerprint density at radius 3 is 2.36 bits per heavy atom. The minimum atomic E-state index is -0.788. The molecular formula is C25H21F3N2O3. The third kappa shape index (κ3) is 5.52. The molecule has 1 heterocycles. The standard InChI is InChI=1S/C25H21F3N2O3/c1-15-25(32)30(13-17-8-20(27)12-21(28)9-17)14-18-11-22(6-7-23(18)33-15)29-24(31)10-16-2-4-19(26)5-3-16/h2-9,11-12,15H,10,13-14H2,1H3,(H,29,31). The van der Waals surface area contributed by atoms with Gasteiger partial charge in [0, 0.05) is 30.4 Å². The SMILES string of the molecule is CC1Oc2ccc(NC(=O)Cc3ccc(F)cc3)cc2CN(Cc2cc(F)cc(F)c2)C1=O. The molecule has 2 amide bonds. The Bertz CT molecular complexity index is 1180. The molecule has 0 saturated carbocycles. The van der Waals surface area contributed by atoms with Crippen molar-refractivity contribution in [2.45, 2.75) is 32.5 Å². The average Bonchev–Trinajstić information content (AvgIpc) is 2.85. The van der Waals surface area contributed by atoms with E-state index in [1.54, 1.807) is 37.3 Å². The number of carbonyl (C=O) groups excluding carboxylic acids is 2. The summed E-state index contributed by atoms with van der Waals surface area (Å²) in [7, 11) is 0. The Balaban J connectivity index is 1.52. The number of benzene rings is 3. The van der Waals surface area contributed by atoms with Crippen molar-refractivity contribution >= 4 is 17.5 Å². The van der Waals surface area contributed by atoms with Crippen molar-refractivity contribution < 1.29 is 27.5 Å². The van der Waals surface area contributed by atoms with Crippen LogP contribution >= 0.6 is 0 Å². The van der Waals surface area contributed by atoms with Crippen LogP contribution in [0.25, 0.3) is 0 Å². The van der Waals surface area contributed by atoms with Crippen LogP contribution in [0, 0.1) is 17.5 Å². The van der Waals surface area contributed by atoms with Crippen LogP contribution in [-0.4, -0.2) is 22.8 Å². The Labute approximate surface area is 188 Å². The third-order valence-electron chi connectivity index (χ3n) is 5.24. The number of nitrogens with one attached hydrogen (secondary N) is 1. The number of halogens is 3. The smallest absolute Gasteiger partial charge is 0.263 e. The second-order valence-electron chi connectivity index (χ2n) is 7.91. The number of hydrogen-bond donors (Lipinski definition) is 1. The Kier molecular flexibility index (Phi) is 6.35. The number of hydrogen-bond acceptors (Lipinski definition) is 3. The molecule has 1 unspecified atom stereocenters. The van der Waals surface area contributed by atoms with Crippen LogP contribution in [0.2, 0.25) is 0 Å². The Hall–Kier alpha value is -3.81. The first-order valence-corrected chi connectivity index (χ1v) is 10.3. The van der Waals surface area contributed by atoms with Crippen molar-refractivity contribution in [3.8, 4) is 5.75 Å². The summed E-state index contributed by atoms with van der Waals surface area (Å²) in [6.07, 6.45) is -0.718. The lowest BCUT2D eigenvalue weighted by Crippen LogP contribution is -2.37. The maximum absolute atomic E-state index is 13.6. The fourth-order valence-electron chi connectivity index (χ4n) is 3.73. The molecule has 1 aliphatic rings. The van der Waals surface area contributed by atoms with Gasteiger partial charge in [-0.3, -0.25) is 9.59 Å². The summed E-state index contributed by atoms with van der Waals surface area (Å²) in [5.41, 5.74) is 2.13. The number of fused-ring (bicyclic) bond motifs is 1. The number of carbonyl (C=O) groups is 2. The molecule has 8 heteroatoms. The van der Waals surface area contributed by atoms with Crippen molar-refractivity contribution in [1.82, 2.24) is 4.90 Å². The summed E-state index contributed by atoms with van der Waals surface area (Å²) < 4.78 is 46.0. The molecule has 170 valence electrons. The van der Waals surface area contributed by atoms with E-state index in [2.05, 4.69) is 5.32 Å². The fraction of sp³-hybridized carbons (Fsp3) is 0.200. The van der Waals surface area contributed by atoms with E-state index in [-0.39, 0.29) is 37.1 Å². The summed E-state index contributed by atoms with van der Waals surface area (Å²) >= 11 is 0. The monoisotopic (exact) mass is 454 g/mol. The van der Waals surface area contributed by atoms with Crippen LogP contribution in [0.3, 0.4) is 0 Å². The minimum Gasteiger partial charge on any atom is -0.481 e. The molecule has 3 aromatic rings. The molecule has 0 spiro atoms. The number of amides is 2. The second kappa shape index (κ2) is 9.36. The van der Waals surface area contributed by atoms with E-state index >= 15 is 0 Å². The highest BCUT2D eigenvalue weighted by molar-refractivity contribution is 5.92. The molecular weight excluding hydrogens is 433 g/mol. The molecule has 4 rings (SSSR count). The third-order valence-corrected chi connectivity index (χ3v) is 5.24. The Morgan fingerprint density at radius 2 is 1.67 bits per heavy atom. The van der Waals surface area contributed by atoms with Crippen LogP contribution in [0.1, 0.15) is 23.6 Å². The van der Waals surface area contributed by atoms with Gasteiger partial charge in [0.25, 0.3) is 5.91 Å². The van der Waals surface area contributed by atoms with Gasteiger partial charge in [0.05, 0.1) is 6.42 Å².